The summed E-state index contributed by atoms with van der Waals surface area (Å²) in [5.41, 5.74) is 2.30. The Balaban J connectivity index is 3.11. The van der Waals surface area contributed by atoms with Crippen LogP contribution in [0.5, 0.6) is 0 Å². The Kier molecular flexibility index (Phi) is 2.99. The molecule has 0 heterocycles. The van der Waals surface area contributed by atoms with Gasteiger partial charge in [-0.05, 0) is 18.1 Å². The van der Waals surface area contributed by atoms with E-state index >= 15 is 0 Å². The third-order valence-corrected chi connectivity index (χ3v) is 1.72. The molecule has 0 N–H and O–H groups in total. The van der Waals surface area contributed by atoms with E-state index < -0.39 is 0 Å². The molecule has 1 rings (SSSR count). The van der Waals surface area contributed by atoms with Crippen molar-refractivity contribution in [1.82, 2.24) is 0 Å². The normalized spacial score (nSPS) is 10.3. The van der Waals surface area contributed by atoms with Crippen LogP contribution < -0.4 is 0 Å². The van der Waals surface area contributed by atoms with Crippen LogP contribution in [0.4, 0.5) is 0 Å². The Labute approximate surface area is 72.6 Å². The van der Waals surface area contributed by atoms with Gasteiger partial charge in [-0.2, -0.15) is 0 Å². The van der Waals surface area contributed by atoms with E-state index in [1.165, 1.54) is 5.56 Å². The third-order valence-electron chi connectivity index (χ3n) is 1.47. The lowest BCUT2D eigenvalue weighted by Crippen LogP contribution is -1.82. The van der Waals surface area contributed by atoms with Gasteiger partial charge in [0.1, 0.15) is 0 Å². The molecule has 56 valence electrons. The zero-order valence-corrected chi connectivity index (χ0v) is 7.27. The molecule has 0 fully saturated rings. The highest BCUT2D eigenvalue weighted by molar-refractivity contribution is 7.79. The van der Waals surface area contributed by atoms with Crippen molar-refractivity contribution in [2.75, 3.05) is 0 Å². The van der Waals surface area contributed by atoms with Crippen LogP contribution >= 0.6 is 12.2 Å². The Morgan fingerprint density at radius 1 is 1.18 bits per heavy atom. The topological polar surface area (TPSA) is 0 Å². The van der Waals surface area contributed by atoms with Gasteiger partial charge in [-0.25, -0.2) is 0 Å². The largest absolute Gasteiger partial charge is 0.0881 e. The zero-order chi connectivity index (χ0) is 8.10. The maximum atomic E-state index is 4.86. The smallest absolute Gasteiger partial charge is 0.00921 e. The minimum atomic E-state index is 1.11. The molecule has 1 aromatic rings. The quantitative estimate of drug-likeness (QED) is 0.602. The molecule has 0 aliphatic rings. The summed E-state index contributed by atoms with van der Waals surface area (Å²) in [5.74, 6) is 0. The number of rotatable bonds is 2. The van der Waals surface area contributed by atoms with Crippen molar-refractivity contribution < 1.29 is 0 Å². The maximum Gasteiger partial charge on any atom is 0.00921 e. The number of allylic oxidation sites excluding steroid dienone is 1. The van der Waals surface area contributed by atoms with E-state index in [0.29, 0.717) is 0 Å². The number of hydrogen-bond donors (Lipinski definition) is 0. The molecule has 0 saturated heterocycles. The molecule has 0 radical (unpaired) electrons. The average molecular weight is 162 g/mol. The van der Waals surface area contributed by atoms with Gasteiger partial charge in [0.2, 0.25) is 0 Å². The predicted octanol–water partition coefficient (Wildman–Crippen LogP) is 3.07. The van der Waals surface area contributed by atoms with Crippen LogP contribution in [0, 0.1) is 0 Å². The summed E-state index contributed by atoms with van der Waals surface area (Å²) in [4.78, 5) is 0. The Morgan fingerprint density at radius 3 is 2.36 bits per heavy atom. The van der Waals surface area contributed by atoms with Gasteiger partial charge in [0, 0.05) is 5.37 Å². The average Bonchev–Trinajstić information content (AvgIpc) is 2.06. The Hall–Kier alpha value is -0.950. The summed E-state index contributed by atoms with van der Waals surface area (Å²) in [7, 11) is 0. The lowest BCUT2D eigenvalue weighted by molar-refractivity contribution is 1.62. The Bertz CT molecular complexity index is 274. The van der Waals surface area contributed by atoms with E-state index in [-0.39, 0.29) is 0 Å². The van der Waals surface area contributed by atoms with Crippen molar-refractivity contribution in [3.8, 4) is 0 Å². The fraction of sp³-hybridized carbons (Fsp3) is 0.100. The van der Waals surface area contributed by atoms with E-state index in [1.807, 2.05) is 31.2 Å². The lowest BCUT2D eigenvalue weighted by Gasteiger charge is -1.96. The van der Waals surface area contributed by atoms with E-state index in [2.05, 4.69) is 12.1 Å². The molecule has 1 heteroatoms. The van der Waals surface area contributed by atoms with Gasteiger partial charge in [0.05, 0.1) is 0 Å². The second kappa shape index (κ2) is 4.04. The van der Waals surface area contributed by atoms with E-state index in [1.54, 1.807) is 5.37 Å². The number of benzene rings is 1. The van der Waals surface area contributed by atoms with Crippen LogP contribution in [0.15, 0.2) is 30.3 Å². The number of hydrogen-bond acceptors (Lipinski definition) is 1. The first-order valence-corrected chi connectivity index (χ1v) is 4.02. The molecule has 0 aliphatic carbocycles. The molecule has 11 heavy (non-hydrogen) atoms. The van der Waals surface area contributed by atoms with Gasteiger partial charge in [0.25, 0.3) is 0 Å². The summed E-state index contributed by atoms with van der Waals surface area (Å²) in [6.07, 6.45) is 4.07. The molecular weight excluding hydrogens is 152 g/mol. The van der Waals surface area contributed by atoms with Gasteiger partial charge in [-0.3, -0.25) is 0 Å². The monoisotopic (exact) mass is 162 g/mol. The molecule has 0 bridgehead atoms. The van der Waals surface area contributed by atoms with Gasteiger partial charge in [0.15, 0.2) is 0 Å². The second-order valence-electron chi connectivity index (χ2n) is 2.25. The molecule has 0 nitrogen and oxygen atoms in total. The van der Waals surface area contributed by atoms with Crippen LogP contribution in [-0.4, -0.2) is 5.37 Å². The highest BCUT2D eigenvalue weighted by Gasteiger charge is 1.91. The van der Waals surface area contributed by atoms with Gasteiger partial charge >= 0.3 is 0 Å². The van der Waals surface area contributed by atoms with Crippen molar-refractivity contribution in [2.24, 2.45) is 0 Å². The van der Waals surface area contributed by atoms with E-state index in [9.17, 15) is 0 Å². The van der Waals surface area contributed by atoms with E-state index in [0.717, 1.165) is 5.56 Å². The van der Waals surface area contributed by atoms with Crippen molar-refractivity contribution in [2.45, 2.75) is 6.92 Å². The van der Waals surface area contributed by atoms with E-state index in [4.69, 9.17) is 12.2 Å². The summed E-state index contributed by atoms with van der Waals surface area (Å²) < 4.78 is 0. The highest BCUT2D eigenvalue weighted by Crippen LogP contribution is 2.07. The van der Waals surface area contributed by atoms with Gasteiger partial charge < -0.3 is 0 Å². The molecule has 0 unspecified atom stereocenters. The lowest BCUT2D eigenvalue weighted by atomic mass is 10.1. The molecule has 0 spiro atoms. The van der Waals surface area contributed by atoms with Crippen LogP contribution in [0.1, 0.15) is 18.1 Å². The summed E-state index contributed by atoms with van der Waals surface area (Å²) >= 11 is 4.86. The minimum Gasteiger partial charge on any atom is -0.0881 e. The van der Waals surface area contributed by atoms with Crippen molar-refractivity contribution in [3.63, 3.8) is 0 Å². The fourth-order valence-electron chi connectivity index (χ4n) is 0.950. The SMILES string of the molecule is C/C=C\c1ccccc1C=S. The summed E-state index contributed by atoms with van der Waals surface area (Å²) in [5, 5.41) is 1.70. The molecule has 0 amide bonds. The first-order chi connectivity index (χ1) is 5.38. The van der Waals surface area contributed by atoms with Crippen molar-refractivity contribution in [1.29, 1.82) is 0 Å². The van der Waals surface area contributed by atoms with Gasteiger partial charge in [-0.15, -0.1) is 0 Å². The molecule has 0 atom stereocenters. The van der Waals surface area contributed by atoms with Gasteiger partial charge in [-0.1, -0.05) is 48.6 Å². The third kappa shape index (κ3) is 1.99. The highest BCUT2D eigenvalue weighted by atomic mass is 32.1. The predicted molar refractivity (Wildman–Crippen MR) is 53.9 cm³/mol. The van der Waals surface area contributed by atoms with Crippen LogP contribution in [0.3, 0.4) is 0 Å². The zero-order valence-electron chi connectivity index (χ0n) is 6.45. The molecular formula is C10H10S. The van der Waals surface area contributed by atoms with Crippen molar-refractivity contribution >= 4 is 23.7 Å². The standard InChI is InChI=1S/C10H10S/c1-2-5-9-6-3-4-7-10(9)8-11/h2-8H,1H3/b5-2-. The molecule has 1 aromatic carbocycles. The Morgan fingerprint density at radius 2 is 1.82 bits per heavy atom. The van der Waals surface area contributed by atoms with Crippen LogP contribution in [-0.2, 0) is 0 Å². The molecule has 0 aromatic heterocycles. The first kappa shape index (κ1) is 8.15. The number of thiocarbonyl (C=S) groups is 1. The summed E-state index contributed by atoms with van der Waals surface area (Å²) in [6.45, 7) is 2.00. The first-order valence-electron chi connectivity index (χ1n) is 3.55. The fourth-order valence-corrected chi connectivity index (χ4v) is 1.16. The maximum absolute atomic E-state index is 4.86. The van der Waals surface area contributed by atoms with Crippen LogP contribution in [0.2, 0.25) is 0 Å². The molecule has 0 saturated carbocycles. The van der Waals surface area contributed by atoms with Crippen molar-refractivity contribution in [3.05, 3.63) is 41.5 Å². The van der Waals surface area contributed by atoms with Crippen LogP contribution in [0.25, 0.3) is 6.08 Å². The minimum absolute atomic E-state index is 1.11. The molecule has 0 aliphatic heterocycles. The second-order valence-corrected chi connectivity index (χ2v) is 2.48. The summed E-state index contributed by atoms with van der Waals surface area (Å²) in [6, 6.07) is 8.07.